The molecule has 0 amide bonds. The van der Waals surface area contributed by atoms with Gasteiger partial charge in [0, 0.05) is 24.3 Å². The van der Waals surface area contributed by atoms with Crippen LogP contribution in [0.15, 0.2) is 54.6 Å². The van der Waals surface area contributed by atoms with Gasteiger partial charge < -0.3 is 26.2 Å². The minimum Gasteiger partial charge on any atom is -0.395 e. The van der Waals surface area contributed by atoms with Gasteiger partial charge in [-0.25, -0.2) is 4.39 Å². The van der Waals surface area contributed by atoms with Crippen LogP contribution in [0.25, 0.3) is 6.08 Å². The van der Waals surface area contributed by atoms with E-state index in [4.69, 9.17) is 10.2 Å². The van der Waals surface area contributed by atoms with E-state index in [0.717, 1.165) is 5.56 Å². The number of aliphatic hydroxyl groups excluding tert-OH is 2. The summed E-state index contributed by atoms with van der Waals surface area (Å²) in [6, 6.07) is 12.6. The monoisotopic (exact) mass is 438 g/mol. The summed E-state index contributed by atoms with van der Waals surface area (Å²) in [5.74, 6) is 0.245. The first-order chi connectivity index (χ1) is 15.6. The lowest BCUT2D eigenvalue weighted by Gasteiger charge is -2.10. The second-order valence-electron chi connectivity index (χ2n) is 6.56. The number of hydrogen-bond donors (Lipinski definition) is 5. The summed E-state index contributed by atoms with van der Waals surface area (Å²) in [6.07, 6.45) is 3.06. The van der Waals surface area contributed by atoms with Crippen LogP contribution in [-0.2, 0) is 0 Å². The van der Waals surface area contributed by atoms with Crippen LogP contribution >= 0.6 is 0 Å². The Morgan fingerprint density at radius 1 is 0.844 bits per heavy atom. The number of carbonyl (C=O) groups excluding carboxylic acids is 1. The molecule has 5 N–H and O–H groups in total. The molecule has 0 bridgehead atoms. The Labute approximate surface area is 184 Å². The van der Waals surface area contributed by atoms with Crippen LogP contribution in [-0.4, -0.2) is 57.3 Å². The molecule has 0 spiro atoms. The zero-order valence-corrected chi connectivity index (χ0v) is 17.1. The van der Waals surface area contributed by atoms with E-state index in [0.29, 0.717) is 11.3 Å². The molecule has 0 aliphatic carbocycles. The number of anilines is 4. The van der Waals surface area contributed by atoms with Crippen molar-refractivity contribution in [1.82, 2.24) is 15.0 Å². The highest BCUT2D eigenvalue weighted by Crippen LogP contribution is 2.17. The molecule has 0 saturated heterocycles. The fraction of sp³-hybridized carbons (Fsp3) is 0.182. The van der Waals surface area contributed by atoms with Crippen LogP contribution < -0.4 is 16.0 Å². The molecule has 3 aromatic rings. The molecule has 0 atom stereocenters. The molecule has 0 aliphatic heterocycles. The number of allylic oxidation sites excluding steroid dienone is 1. The molecule has 9 nitrogen and oxygen atoms in total. The van der Waals surface area contributed by atoms with Crippen molar-refractivity contribution in [2.24, 2.45) is 0 Å². The topological polar surface area (TPSA) is 132 Å². The predicted molar refractivity (Wildman–Crippen MR) is 120 cm³/mol. The normalized spacial score (nSPS) is 10.8. The summed E-state index contributed by atoms with van der Waals surface area (Å²) in [5.41, 5.74) is 1.86. The molecule has 166 valence electrons. The van der Waals surface area contributed by atoms with E-state index in [1.165, 1.54) is 18.2 Å². The fourth-order valence-electron chi connectivity index (χ4n) is 2.61. The molecule has 0 aliphatic rings. The number of hydrogen-bond acceptors (Lipinski definition) is 9. The summed E-state index contributed by atoms with van der Waals surface area (Å²) in [4.78, 5) is 25.0. The second kappa shape index (κ2) is 11.5. The van der Waals surface area contributed by atoms with Gasteiger partial charge in [-0.2, -0.15) is 15.0 Å². The number of nitrogens with zero attached hydrogens (tertiary/aromatic N) is 3. The van der Waals surface area contributed by atoms with Crippen LogP contribution in [0.5, 0.6) is 0 Å². The highest BCUT2D eigenvalue weighted by Gasteiger charge is 2.08. The lowest BCUT2D eigenvalue weighted by Crippen LogP contribution is -2.14. The van der Waals surface area contributed by atoms with E-state index >= 15 is 0 Å². The SMILES string of the molecule is O=C(/C=C/c1ccc(F)cc1)c1ccc(Nc2nc(NCCO)nc(NCCO)n2)cc1. The van der Waals surface area contributed by atoms with Crippen LogP contribution in [0.2, 0.25) is 0 Å². The molecule has 32 heavy (non-hydrogen) atoms. The van der Waals surface area contributed by atoms with Crippen molar-refractivity contribution in [1.29, 1.82) is 0 Å². The van der Waals surface area contributed by atoms with Crippen molar-refractivity contribution in [3.63, 3.8) is 0 Å². The number of carbonyl (C=O) groups is 1. The number of ketones is 1. The average Bonchev–Trinajstić information content (AvgIpc) is 2.81. The summed E-state index contributed by atoms with van der Waals surface area (Å²) in [5, 5.41) is 26.7. The third kappa shape index (κ3) is 6.83. The van der Waals surface area contributed by atoms with Gasteiger partial charge in [0.2, 0.25) is 17.8 Å². The highest BCUT2D eigenvalue weighted by molar-refractivity contribution is 6.07. The Hall–Kier alpha value is -3.89. The molecule has 2 aromatic carbocycles. The maximum atomic E-state index is 13.0. The quantitative estimate of drug-likeness (QED) is 0.226. The zero-order valence-electron chi connectivity index (χ0n) is 17.1. The largest absolute Gasteiger partial charge is 0.395 e. The molecular weight excluding hydrogens is 415 g/mol. The summed E-state index contributed by atoms with van der Waals surface area (Å²) in [7, 11) is 0. The maximum absolute atomic E-state index is 13.0. The van der Waals surface area contributed by atoms with Crippen molar-refractivity contribution >= 4 is 35.4 Å². The Morgan fingerprint density at radius 2 is 1.41 bits per heavy atom. The van der Waals surface area contributed by atoms with Gasteiger partial charge in [0.25, 0.3) is 0 Å². The molecule has 0 saturated carbocycles. The predicted octanol–water partition coefficient (Wildman–Crippen LogP) is 2.46. The van der Waals surface area contributed by atoms with E-state index in [-0.39, 0.29) is 55.7 Å². The Kier molecular flexibility index (Phi) is 8.18. The van der Waals surface area contributed by atoms with Crippen molar-refractivity contribution in [2.45, 2.75) is 0 Å². The van der Waals surface area contributed by atoms with E-state index in [2.05, 4.69) is 30.9 Å². The van der Waals surface area contributed by atoms with E-state index in [1.807, 2.05) is 0 Å². The summed E-state index contributed by atoms with van der Waals surface area (Å²) >= 11 is 0. The molecule has 0 radical (unpaired) electrons. The number of benzene rings is 2. The minimum absolute atomic E-state index is 0.0844. The van der Waals surface area contributed by atoms with Crippen molar-refractivity contribution < 1.29 is 19.4 Å². The van der Waals surface area contributed by atoms with Gasteiger partial charge in [0.15, 0.2) is 5.78 Å². The van der Waals surface area contributed by atoms with Crippen molar-refractivity contribution in [3.8, 4) is 0 Å². The number of aromatic nitrogens is 3. The van der Waals surface area contributed by atoms with Crippen LogP contribution in [0, 0.1) is 5.82 Å². The van der Waals surface area contributed by atoms with Crippen LogP contribution in [0.4, 0.5) is 27.9 Å². The van der Waals surface area contributed by atoms with E-state index < -0.39 is 0 Å². The molecule has 0 unspecified atom stereocenters. The Balaban J connectivity index is 1.68. The van der Waals surface area contributed by atoms with Crippen LogP contribution in [0.3, 0.4) is 0 Å². The van der Waals surface area contributed by atoms with Gasteiger partial charge >= 0.3 is 0 Å². The lowest BCUT2D eigenvalue weighted by atomic mass is 10.1. The van der Waals surface area contributed by atoms with Gasteiger partial charge in [-0.1, -0.05) is 18.2 Å². The number of aliphatic hydroxyl groups is 2. The van der Waals surface area contributed by atoms with Gasteiger partial charge in [0.1, 0.15) is 5.82 Å². The first-order valence-electron chi connectivity index (χ1n) is 9.88. The average molecular weight is 438 g/mol. The highest BCUT2D eigenvalue weighted by atomic mass is 19.1. The van der Waals surface area contributed by atoms with E-state index in [9.17, 15) is 9.18 Å². The third-order valence-corrected chi connectivity index (χ3v) is 4.15. The molecular formula is C22H23FN6O3. The van der Waals surface area contributed by atoms with Gasteiger partial charge in [-0.3, -0.25) is 4.79 Å². The maximum Gasteiger partial charge on any atom is 0.233 e. The van der Waals surface area contributed by atoms with Crippen LogP contribution in [0.1, 0.15) is 15.9 Å². The van der Waals surface area contributed by atoms with Crippen molar-refractivity contribution in [3.05, 3.63) is 71.6 Å². The van der Waals surface area contributed by atoms with Gasteiger partial charge in [-0.05, 0) is 48.0 Å². The Morgan fingerprint density at radius 3 is 1.97 bits per heavy atom. The third-order valence-electron chi connectivity index (χ3n) is 4.15. The summed E-state index contributed by atoms with van der Waals surface area (Å²) in [6.45, 7) is 0.369. The minimum atomic E-state index is -0.331. The van der Waals surface area contributed by atoms with Crippen molar-refractivity contribution in [2.75, 3.05) is 42.3 Å². The molecule has 3 rings (SSSR count). The first-order valence-corrected chi connectivity index (χ1v) is 9.88. The smallest absolute Gasteiger partial charge is 0.233 e. The zero-order chi connectivity index (χ0) is 22.8. The molecule has 1 aromatic heterocycles. The second-order valence-corrected chi connectivity index (χ2v) is 6.56. The lowest BCUT2D eigenvalue weighted by molar-refractivity contribution is 0.104. The van der Waals surface area contributed by atoms with Gasteiger partial charge in [0.05, 0.1) is 13.2 Å². The Bertz CT molecular complexity index is 1030. The van der Waals surface area contributed by atoms with E-state index in [1.54, 1.807) is 42.5 Å². The number of halogens is 1. The first kappa shape index (κ1) is 22.8. The molecule has 10 heteroatoms. The fourth-order valence-corrected chi connectivity index (χ4v) is 2.61. The number of nitrogens with one attached hydrogen (secondary N) is 3. The summed E-state index contributed by atoms with van der Waals surface area (Å²) < 4.78 is 13.0. The standard InChI is InChI=1S/C22H23FN6O3/c23-17-6-1-15(2-7-17)3-10-19(32)16-4-8-18(9-5-16)26-22-28-20(24-11-13-30)27-21(29-22)25-12-14-31/h1-10,30-31H,11-14H2,(H3,24,25,26,27,28,29)/b10-3+. The molecule has 0 fully saturated rings. The van der Waals surface area contributed by atoms with Gasteiger partial charge in [-0.15, -0.1) is 0 Å². The number of rotatable bonds is 11. The molecule has 1 heterocycles.